The van der Waals surface area contributed by atoms with Crippen LogP contribution in [0.15, 0.2) is 12.1 Å². The Morgan fingerprint density at radius 1 is 0.971 bits per heavy atom. The maximum absolute atomic E-state index is 13.1. The summed E-state index contributed by atoms with van der Waals surface area (Å²) in [7, 11) is 4.62. The number of carbonyl (C=O) groups is 2. The minimum atomic E-state index is -0.0610. The Morgan fingerprint density at radius 3 is 2.24 bits per heavy atom. The van der Waals surface area contributed by atoms with Crippen LogP contribution < -0.4 is 19.5 Å². The van der Waals surface area contributed by atoms with E-state index in [-0.39, 0.29) is 11.8 Å². The molecule has 2 aliphatic rings. The van der Waals surface area contributed by atoms with Gasteiger partial charge < -0.3 is 29.3 Å². The third-order valence-corrected chi connectivity index (χ3v) is 7.17. The summed E-state index contributed by atoms with van der Waals surface area (Å²) in [4.78, 5) is 29.9. The van der Waals surface area contributed by atoms with Crippen LogP contribution in [0.4, 0.5) is 0 Å². The number of likely N-dealkylation sites (tertiary alicyclic amines) is 2. The Hall–Kier alpha value is -2.48. The Morgan fingerprint density at radius 2 is 1.65 bits per heavy atom. The van der Waals surface area contributed by atoms with E-state index in [1.807, 2.05) is 4.90 Å². The average molecular weight is 476 g/mol. The highest BCUT2D eigenvalue weighted by Crippen LogP contribution is 2.38. The van der Waals surface area contributed by atoms with Crippen LogP contribution in [0.25, 0.3) is 0 Å². The van der Waals surface area contributed by atoms with Crippen molar-refractivity contribution in [2.45, 2.75) is 57.9 Å². The third kappa shape index (κ3) is 6.78. The Bertz CT molecular complexity index is 798. The van der Waals surface area contributed by atoms with Crippen molar-refractivity contribution < 1.29 is 23.8 Å². The molecule has 2 aliphatic heterocycles. The first-order valence-corrected chi connectivity index (χ1v) is 12.6. The summed E-state index contributed by atoms with van der Waals surface area (Å²) in [5.41, 5.74) is 0.508. The van der Waals surface area contributed by atoms with E-state index in [4.69, 9.17) is 14.2 Å². The van der Waals surface area contributed by atoms with Gasteiger partial charge in [-0.2, -0.15) is 0 Å². The van der Waals surface area contributed by atoms with Gasteiger partial charge in [0.15, 0.2) is 11.5 Å². The van der Waals surface area contributed by atoms with Crippen LogP contribution in [0.1, 0.15) is 62.2 Å². The standard InChI is InChI=1S/C26H41N3O5/c1-19-8-5-6-12-28(19)13-7-11-27-24(30)16-20-9-14-29(15-10-20)26(31)21-17-22(32-2)25(34-4)23(18-21)33-3/h17-20H,5-16H2,1-4H3,(H,27,30). The summed E-state index contributed by atoms with van der Waals surface area (Å²) in [5.74, 6) is 1.77. The first kappa shape index (κ1) is 26.1. The molecule has 8 heteroatoms. The quantitative estimate of drug-likeness (QED) is 0.523. The van der Waals surface area contributed by atoms with Gasteiger partial charge in [-0.05, 0) is 63.6 Å². The molecule has 8 nitrogen and oxygen atoms in total. The number of amides is 2. The van der Waals surface area contributed by atoms with Gasteiger partial charge >= 0.3 is 0 Å². The Balaban J connectivity index is 1.41. The van der Waals surface area contributed by atoms with Gasteiger partial charge in [-0.1, -0.05) is 6.42 Å². The maximum atomic E-state index is 13.1. The number of rotatable bonds is 10. The maximum Gasteiger partial charge on any atom is 0.254 e. The first-order chi connectivity index (χ1) is 16.5. The highest BCUT2D eigenvalue weighted by atomic mass is 16.5. The molecule has 1 unspecified atom stereocenters. The van der Waals surface area contributed by atoms with Crippen LogP contribution >= 0.6 is 0 Å². The lowest BCUT2D eigenvalue weighted by atomic mass is 9.92. The number of hydrogen-bond acceptors (Lipinski definition) is 6. The van der Waals surface area contributed by atoms with E-state index in [2.05, 4.69) is 17.1 Å². The highest BCUT2D eigenvalue weighted by Gasteiger charge is 2.27. The summed E-state index contributed by atoms with van der Waals surface area (Å²) < 4.78 is 16.1. The molecule has 2 heterocycles. The van der Waals surface area contributed by atoms with Gasteiger partial charge in [0.2, 0.25) is 11.7 Å². The van der Waals surface area contributed by atoms with E-state index in [1.54, 1.807) is 12.1 Å². The minimum absolute atomic E-state index is 0.0610. The van der Waals surface area contributed by atoms with E-state index in [0.717, 1.165) is 32.4 Å². The van der Waals surface area contributed by atoms with Gasteiger partial charge in [0.1, 0.15) is 0 Å². The summed E-state index contributed by atoms with van der Waals surface area (Å²) in [6.07, 6.45) is 7.10. The number of methoxy groups -OCH3 is 3. The molecule has 2 saturated heterocycles. The average Bonchev–Trinajstić information content (AvgIpc) is 2.86. The van der Waals surface area contributed by atoms with E-state index < -0.39 is 0 Å². The molecular formula is C26H41N3O5. The molecule has 0 aliphatic carbocycles. The van der Waals surface area contributed by atoms with Gasteiger partial charge in [0.05, 0.1) is 21.3 Å². The van der Waals surface area contributed by atoms with E-state index in [9.17, 15) is 9.59 Å². The number of hydrogen-bond donors (Lipinski definition) is 1. The molecular weight excluding hydrogens is 434 g/mol. The zero-order chi connectivity index (χ0) is 24.5. The molecule has 2 fully saturated rings. The smallest absolute Gasteiger partial charge is 0.254 e. The molecule has 1 atom stereocenters. The monoisotopic (exact) mass is 475 g/mol. The van der Waals surface area contributed by atoms with E-state index in [1.165, 1.54) is 47.1 Å². The van der Waals surface area contributed by atoms with Gasteiger partial charge in [-0.15, -0.1) is 0 Å². The molecule has 2 amide bonds. The molecule has 0 bridgehead atoms. The lowest BCUT2D eigenvalue weighted by Gasteiger charge is -2.33. The van der Waals surface area contributed by atoms with Crippen LogP contribution in [0, 0.1) is 5.92 Å². The molecule has 1 N–H and O–H groups in total. The second-order valence-electron chi connectivity index (χ2n) is 9.44. The van der Waals surface area contributed by atoms with Crippen molar-refractivity contribution in [2.75, 3.05) is 54.1 Å². The van der Waals surface area contributed by atoms with Crippen LogP contribution in [-0.4, -0.2) is 81.7 Å². The fourth-order valence-electron chi connectivity index (χ4n) is 5.06. The number of piperidine rings is 2. The van der Waals surface area contributed by atoms with Crippen molar-refractivity contribution in [2.24, 2.45) is 5.92 Å². The van der Waals surface area contributed by atoms with Crippen molar-refractivity contribution in [3.8, 4) is 17.2 Å². The molecule has 34 heavy (non-hydrogen) atoms. The Kier molecular flexibility index (Phi) is 9.86. The predicted molar refractivity (Wildman–Crippen MR) is 132 cm³/mol. The first-order valence-electron chi connectivity index (χ1n) is 12.6. The third-order valence-electron chi connectivity index (χ3n) is 7.17. The summed E-state index contributed by atoms with van der Waals surface area (Å²) in [6, 6.07) is 4.04. The van der Waals surface area contributed by atoms with Crippen molar-refractivity contribution in [3.63, 3.8) is 0 Å². The molecule has 0 saturated carbocycles. The predicted octanol–water partition coefficient (Wildman–Crippen LogP) is 3.34. The van der Waals surface area contributed by atoms with Crippen molar-refractivity contribution in [1.29, 1.82) is 0 Å². The molecule has 1 aromatic carbocycles. The molecule has 190 valence electrons. The Labute approximate surface area is 203 Å². The summed E-state index contributed by atoms with van der Waals surface area (Å²) in [5, 5.41) is 3.09. The SMILES string of the molecule is COc1cc(C(=O)N2CCC(CC(=O)NCCCN3CCCCC3C)CC2)cc(OC)c1OC. The number of benzene rings is 1. The fraction of sp³-hybridized carbons (Fsp3) is 0.692. The minimum Gasteiger partial charge on any atom is -0.493 e. The van der Waals surface area contributed by atoms with Crippen LogP contribution in [0.3, 0.4) is 0 Å². The lowest BCUT2D eigenvalue weighted by molar-refractivity contribution is -0.122. The zero-order valence-electron chi connectivity index (χ0n) is 21.2. The largest absolute Gasteiger partial charge is 0.493 e. The molecule has 3 rings (SSSR count). The number of nitrogens with one attached hydrogen (secondary N) is 1. The zero-order valence-corrected chi connectivity index (χ0v) is 21.2. The van der Waals surface area contributed by atoms with E-state index >= 15 is 0 Å². The van der Waals surface area contributed by atoms with Gasteiger partial charge in [0, 0.05) is 44.2 Å². The van der Waals surface area contributed by atoms with Crippen molar-refractivity contribution >= 4 is 11.8 Å². The molecule has 1 aromatic rings. The number of ether oxygens (including phenoxy) is 3. The molecule has 0 radical (unpaired) electrons. The van der Waals surface area contributed by atoms with Crippen LogP contribution in [0.5, 0.6) is 17.2 Å². The topological polar surface area (TPSA) is 80.3 Å². The van der Waals surface area contributed by atoms with Gasteiger partial charge in [-0.25, -0.2) is 0 Å². The highest BCUT2D eigenvalue weighted by molar-refractivity contribution is 5.95. The van der Waals surface area contributed by atoms with Crippen LogP contribution in [-0.2, 0) is 4.79 Å². The second-order valence-corrected chi connectivity index (χ2v) is 9.44. The second kappa shape index (κ2) is 12.8. The van der Waals surface area contributed by atoms with Crippen molar-refractivity contribution in [3.05, 3.63) is 17.7 Å². The molecule has 0 spiro atoms. The molecule has 0 aromatic heterocycles. The van der Waals surface area contributed by atoms with Crippen molar-refractivity contribution in [1.82, 2.24) is 15.1 Å². The van der Waals surface area contributed by atoms with Gasteiger partial charge in [0.25, 0.3) is 5.91 Å². The summed E-state index contributed by atoms with van der Waals surface area (Å²) in [6.45, 7) is 6.56. The number of nitrogens with zero attached hydrogens (tertiary/aromatic N) is 2. The fourth-order valence-corrected chi connectivity index (χ4v) is 5.06. The lowest BCUT2D eigenvalue weighted by Crippen LogP contribution is -2.40. The van der Waals surface area contributed by atoms with Crippen LogP contribution in [0.2, 0.25) is 0 Å². The normalized spacial score (nSPS) is 19.5. The van der Waals surface area contributed by atoms with E-state index in [0.29, 0.717) is 54.3 Å². The number of carbonyl (C=O) groups excluding carboxylic acids is 2. The summed E-state index contributed by atoms with van der Waals surface area (Å²) >= 11 is 0. The van der Waals surface area contributed by atoms with Gasteiger partial charge in [-0.3, -0.25) is 9.59 Å².